The van der Waals surface area contributed by atoms with E-state index >= 15 is 0 Å². The maximum absolute atomic E-state index is 9.68. The maximum Gasteiger partial charge on any atom is 0.192 e. The van der Waals surface area contributed by atoms with Crippen molar-refractivity contribution in [2.24, 2.45) is 0 Å². The summed E-state index contributed by atoms with van der Waals surface area (Å²) in [5, 5.41) is 9.68. The van der Waals surface area contributed by atoms with E-state index in [1.807, 2.05) is 50.7 Å². The molecular formula is C25H24N8. The smallest absolute Gasteiger partial charge is 0.192 e. The van der Waals surface area contributed by atoms with Crippen molar-refractivity contribution >= 4 is 5.69 Å². The number of aryl methyl sites for hydroxylation is 2. The summed E-state index contributed by atoms with van der Waals surface area (Å²) in [6.07, 6.45) is 3.43. The van der Waals surface area contributed by atoms with Gasteiger partial charge in [-0.3, -0.25) is 9.13 Å². The van der Waals surface area contributed by atoms with Gasteiger partial charge in [0.1, 0.15) is 24.3 Å². The third-order valence-corrected chi connectivity index (χ3v) is 6.14. The molecule has 8 heteroatoms. The van der Waals surface area contributed by atoms with Crippen LogP contribution in [0.1, 0.15) is 53.6 Å². The topological polar surface area (TPSA) is 89.6 Å². The number of hydrogen-bond acceptors (Lipinski definition) is 5. The van der Waals surface area contributed by atoms with E-state index in [9.17, 15) is 5.26 Å². The van der Waals surface area contributed by atoms with Crippen molar-refractivity contribution in [3.8, 4) is 17.7 Å². The van der Waals surface area contributed by atoms with Crippen LogP contribution in [0, 0.1) is 45.6 Å². The lowest BCUT2D eigenvalue weighted by Gasteiger charge is -2.26. The average Bonchev–Trinajstić information content (AvgIpc) is 3.33. The van der Waals surface area contributed by atoms with Gasteiger partial charge in [-0.05, 0) is 65.8 Å². The molecule has 4 rings (SSSR count). The Kier molecular flexibility index (Phi) is 5.31. The van der Waals surface area contributed by atoms with Gasteiger partial charge in [-0.2, -0.15) is 5.26 Å². The lowest BCUT2D eigenvalue weighted by Crippen LogP contribution is -2.24. The first-order valence-electron chi connectivity index (χ1n) is 10.5. The first kappa shape index (κ1) is 21.9. The average molecular weight is 437 g/mol. The zero-order valence-electron chi connectivity index (χ0n) is 19.5. The normalized spacial score (nSPS) is 11.3. The molecule has 0 aromatic carbocycles. The Hall–Kier alpha value is -4.30. The Morgan fingerprint density at radius 2 is 1.36 bits per heavy atom. The molecule has 0 N–H and O–H groups in total. The second-order valence-electron chi connectivity index (χ2n) is 8.59. The van der Waals surface area contributed by atoms with Crippen LogP contribution in [-0.2, 0) is 5.41 Å². The largest absolute Gasteiger partial charge is 0.289 e. The number of aromatic nitrogens is 6. The molecule has 4 heterocycles. The van der Waals surface area contributed by atoms with Gasteiger partial charge in [0.2, 0.25) is 0 Å². The van der Waals surface area contributed by atoms with E-state index in [1.165, 1.54) is 0 Å². The van der Waals surface area contributed by atoms with Gasteiger partial charge in [0, 0.05) is 22.5 Å². The van der Waals surface area contributed by atoms with Gasteiger partial charge in [0.05, 0.1) is 35.3 Å². The van der Waals surface area contributed by atoms with Crippen LogP contribution in [0.3, 0.4) is 0 Å². The van der Waals surface area contributed by atoms with E-state index in [4.69, 9.17) is 16.5 Å². The van der Waals surface area contributed by atoms with Crippen LogP contribution in [0.4, 0.5) is 5.69 Å². The van der Waals surface area contributed by atoms with E-state index in [1.54, 1.807) is 36.9 Å². The highest BCUT2D eigenvalue weighted by Gasteiger charge is 2.29. The van der Waals surface area contributed by atoms with Crippen LogP contribution < -0.4 is 0 Å². The fourth-order valence-corrected chi connectivity index (χ4v) is 3.62. The van der Waals surface area contributed by atoms with Gasteiger partial charge < -0.3 is 0 Å². The fourth-order valence-electron chi connectivity index (χ4n) is 3.62. The van der Waals surface area contributed by atoms with Crippen LogP contribution in [0.15, 0.2) is 36.9 Å². The van der Waals surface area contributed by atoms with Crippen molar-refractivity contribution in [3.63, 3.8) is 0 Å². The Morgan fingerprint density at radius 1 is 0.848 bits per heavy atom. The first-order valence-corrected chi connectivity index (χ1v) is 10.5. The monoisotopic (exact) mass is 436 g/mol. The van der Waals surface area contributed by atoms with E-state index in [2.05, 4.69) is 20.9 Å². The van der Waals surface area contributed by atoms with Gasteiger partial charge in [-0.1, -0.05) is 0 Å². The molecule has 0 bridgehead atoms. The molecule has 0 fully saturated rings. The molecule has 8 nitrogen and oxygen atoms in total. The molecule has 33 heavy (non-hydrogen) atoms. The summed E-state index contributed by atoms with van der Waals surface area (Å²) in [4.78, 5) is 22.2. The van der Waals surface area contributed by atoms with Gasteiger partial charge in [-0.25, -0.2) is 24.8 Å². The third kappa shape index (κ3) is 3.77. The molecule has 4 aromatic rings. The van der Waals surface area contributed by atoms with E-state index in [0.29, 0.717) is 34.3 Å². The molecule has 0 aliphatic heterocycles. The first-order chi connectivity index (χ1) is 15.6. The van der Waals surface area contributed by atoms with Crippen LogP contribution in [0.25, 0.3) is 16.5 Å². The van der Waals surface area contributed by atoms with Crippen molar-refractivity contribution in [1.29, 1.82) is 5.26 Å². The van der Waals surface area contributed by atoms with Crippen LogP contribution >= 0.6 is 0 Å². The number of hydrogen-bond donors (Lipinski definition) is 0. The Balaban J connectivity index is 1.90. The second kappa shape index (κ2) is 7.99. The van der Waals surface area contributed by atoms with Crippen LogP contribution in [0.5, 0.6) is 0 Å². The fraction of sp³-hybridized carbons (Fsp3) is 0.280. The van der Waals surface area contributed by atoms with Gasteiger partial charge in [0.25, 0.3) is 0 Å². The quantitative estimate of drug-likeness (QED) is 0.428. The number of nitriles is 1. The Labute approximate surface area is 193 Å². The zero-order chi connectivity index (χ0) is 23.9. The number of imidazole rings is 2. The molecule has 164 valence electrons. The van der Waals surface area contributed by atoms with Gasteiger partial charge in [-0.15, -0.1) is 0 Å². The molecule has 0 spiro atoms. The lowest BCUT2D eigenvalue weighted by molar-refractivity contribution is 0.591. The maximum atomic E-state index is 9.68. The third-order valence-electron chi connectivity index (χ3n) is 6.14. The Bertz CT molecular complexity index is 1350. The molecule has 0 saturated heterocycles. The summed E-state index contributed by atoms with van der Waals surface area (Å²) in [5.41, 5.74) is 5.40. The predicted octanol–water partition coefficient (Wildman–Crippen LogP) is 4.83. The van der Waals surface area contributed by atoms with Crippen LogP contribution in [0.2, 0.25) is 0 Å². The molecule has 4 aromatic heterocycles. The van der Waals surface area contributed by atoms with E-state index in [0.717, 1.165) is 22.8 Å². The molecule has 0 radical (unpaired) electrons. The van der Waals surface area contributed by atoms with Crippen molar-refractivity contribution in [2.45, 2.75) is 47.0 Å². The minimum Gasteiger partial charge on any atom is -0.289 e. The van der Waals surface area contributed by atoms with Crippen molar-refractivity contribution in [1.82, 2.24) is 29.1 Å². The van der Waals surface area contributed by atoms with E-state index < -0.39 is 5.41 Å². The molecule has 0 saturated carbocycles. The summed E-state index contributed by atoms with van der Waals surface area (Å²) in [6.45, 7) is 19.4. The number of nitrogens with zero attached hydrogens (tertiary/aromatic N) is 8. The highest BCUT2D eigenvalue weighted by molar-refractivity contribution is 5.54. The van der Waals surface area contributed by atoms with Crippen molar-refractivity contribution < 1.29 is 0 Å². The summed E-state index contributed by atoms with van der Waals surface area (Å²) in [5.74, 6) is 1.25. The summed E-state index contributed by atoms with van der Waals surface area (Å²) < 4.78 is 3.76. The van der Waals surface area contributed by atoms with Gasteiger partial charge in [0.15, 0.2) is 5.69 Å². The summed E-state index contributed by atoms with van der Waals surface area (Å²) in [7, 11) is 0. The SMILES string of the molecule is [C-]#[N+]c1cc(-n2cnc(C)c2C)nc(C(C)(C)c2cc(C#N)cc(-n3cnc(C)c3C)n2)c1. The lowest BCUT2D eigenvalue weighted by atomic mass is 9.84. The molecule has 0 aliphatic carbocycles. The molecule has 0 aliphatic rings. The second-order valence-corrected chi connectivity index (χ2v) is 8.59. The van der Waals surface area contributed by atoms with Crippen LogP contribution in [-0.4, -0.2) is 29.1 Å². The Morgan fingerprint density at radius 3 is 1.82 bits per heavy atom. The van der Waals surface area contributed by atoms with E-state index in [-0.39, 0.29) is 0 Å². The van der Waals surface area contributed by atoms with Crippen molar-refractivity contribution in [3.05, 3.63) is 88.1 Å². The summed E-state index contributed by atoms with van der Waals surface area (Å²) in [6, 6.07) is 9.30. The predicted molar refractivity (Wildman–Crippen MR) is 125 cm³/mol. The molecule has 0 unspecified atom stereocenters. The standard InChI is InChI=1S/C25H24N8/c1-15-17(3)32(13-28-15)23-9-19(12-26)8-21(30-23)25(5,6)22-10-20(27-7)11-24(31-22)33-14-29-16(2)18(33)4/h8-11,13-14H,1-6H3. The molecule has 0 amide bonds. The number of pyridine rings is 2. The van der Waals surface area contributed by atoms with Gasteiger partial charge >= 0.3 is 0 Å². The molecular weight excluding hydrogens is 412 g/mol. The zero-order valence-corrected chi connectivity index (χ0v) is 19.5. The molecule has 0 atom stereocenters. The highest BCUT2D eigenvalue weighted by atomic mass is 15.1. The summed E-state index contributed by atoms with van der Waals surface area (Å²) >= 11 is 0. The number of rotatable bonds is 4. The minimum absolute atomic E-state index is 0.478. The van der Waals surface area contributed by atoms with Crippen molar-refractivity contribution in [2.75, 3.05) is 0 Å². The minimum atomic E-state index is -0.676. The highest BCUT2D eigenvalue weighted by Crippen LogP contribution is 2.33.